The van der Waals surface area contributed by atoms with Crippen molar-refractivity contribution in [3.8, 4) is 0 Å². The second kappa shape index (κ2) is 9.35. The number of amides is 2. The summed E-state index contributed by atoms with van der Waals surface area (Å²) >= 11 is 0. The van der Waals surface area contributed by atoms with Gasteiger partial charge in [0, 0.05) is 24.5 Å². The normalized spacial score (nSPS) is 25.5. The Morgan fingerprint density at radius 3 is 2.58 bits per heavy atom. The van der Waals surface area contributed by atoms with Gasteiger partial charge in [0.05, 0.1) is 6.04 Å². The van der Waals surface area contributed by atoms with Crippen LogP contribution in [0.1, 0.15) is 39.0 Å². The summed E-state index contributed by atoms with van der Waals surface area (Å²) in [5.41, 5.74) is 1.32. The van der Waals surface area contributed by atoms with Crippen molar-refractivity contribution >= 4 is 35.6 Å². The second-order valence-electron chi connectivity index (χ2n) is 7.04. The molecule has 4 atom stereocenters. The lowest BCUT2D eigenvalue weighted by Gasteiger charge is -2.24. The first-order valence-corrected chi connectivity index (χ1v) is 9.07. The van der Waals surface area contributed by atoms with Gasteiger partial charge in [-0.1, -0.05) is 18.9 Å². The maximum Gasteiger partial charge on any atom is 0.253 e. The van der Waals surface area contributed by atoms with Crippen LogP contribution in [0.4, 0.5) is 11.4 Å². The highest BCUT2D eigenvalue weighted by atomic mass is 35.5. The zero-order valence-corrected chi connectivity index (χ0v) is 16.1. The van der Waals surface area contributed by atoms with Crippen molar-refractivity contribution in [3.63, 3.8) is 0 Å². The van der Waals surface area contributed by atoms with Crippen LogP contribution < -0.4 is 16.0 Å². The molecule has 1 aliphatic carbocycles. The third-order valence-electron chi connectivity index (χ3n) is 5.30. The molecule has 3 rings (SSSR count). The first kappa shape index (κ1) is 20.7. The Labute approximate surface area is 160 Å². The third kappa shape index (κ3) is 4.96. The Morgan fingerprint density at radius 1 is 1.19 bits per heavy atom. The summed E-state index contributed by atoms with van der Waals surface area (Å²) in [4.78, 5) is 24.5. The minimum Gasteiger partial charge on any atom is -0.372 e. The van der Waals surface area contributed by atoms with Crippen LogP contribution in [-0.2, 0) is 14.3 Å². The number of rotatable bonds is 5. The molecular weight excluding hydrogens is 354 g/mol. The van der Waals surface area contributed by atoms with Crippen molar-refractivity contribution in [1.29, 1.82) is 0 Å². The topological polar surface area (TPSA) is 79.5 Å². The lowest BCUT2D eigenvalue weighted by Crippen LogP contribution is -2.39. The average Bonchev–Trinajstić information content (AvgIpc) is 3.05. The van der Waals surface area contributed by atoms with Crippen LogP contribution in [0.15, 0.2) is 24.3 Å². The molecule has 26 heavy (non-hydrogen) atoms. The maximum absolute atomic E-state index is 12.6. The van der Waals surface area contributed by atoms with E-state index in [-0.39, 0.29) is 30.3 Å². The fourth-order valence-electron chi connectivity index (χ4n) is 3.78. The lowest BCUT2D eigenvalue weighted by atomic mass is 9.85. The van der Waals surface area contributed by atoms with Crippen molar-refractivity contribution in [2.45, 2.75) is 57.2 Å². The van der Waals surface area contributed by atoms with Crippen LogP contribution in [0.2, 0.25) is 0 Å². The van der Waals surface area contributed by atoms with Crippen LogP contribution >= 0.6 is 12.4 Å². The van der Waals surface area contributed by atoms with E-state index in [0.717, 1.165) is 6.42 Å². The number of benzene rings is 1. The Kier molecular flexibility index (Phi) is 7.43. The molecule has 2 aliphatic rings. The summed E-state index contributed by atoms with van der Waals surface area (Å²) in [5, 5.41) is 9.24. The molecule has 0 bridgehead atoms. The Morgan fingerprint density at radius 2 is 1.88 bits per heavy atom. The van der Waals surface area contributed by atoms with Crippen molar-refractivity contribution in [1.82, 2.24) is 5.32 Å². The van der Waals surface area contributed by atoms with E-state index in [2.05, 4.69) is 16.0 Å². The molecule has 7 heteroatoms. The minimum absolute atomic E-state index is 0. The first-order valence-electron chi connectivity index (χ1n) is 9.07. The highest BCUT2D eigenvalue weighted by Gasteiger charge is 2.38. The summed E-state index contributed by atoms with van der Waals surface area (Å²) in [6.45, 7) is 1.69. The van der Waals surface area contributed by atoms with Gasteiger partial charge < -0.3 is 20.7 Å². The van der Waals surface area contributed by atoms with Crippen LogP contribution in [0, 0.1) is 5.92 Å². The third-order valence-corrected chi connectivity index (χ3v) is 5.30. The number of fused-ring (bicyclic) bond motifs is 1. The van der Waals surface area contributed by atoms with Gasteiger partial charge in [0.2, 0.25) is 5.91 Å². The van der Waals surface area contributed by atoms with E-state index in [1.165, 1.54) is 32.8 Å². The van der Waals surface area contributed by atoms with E-state index in [9.17, 15) is 9.59 Å². The molecule has 2 fully saturated rings. The smallest absolute Gasteiger partial charge is 0.253 e. The number of carbonyl (C=O) groups is 2. The minimum atomic E-state index is -0.524. The Bertz CT molecular complexity index is 626. The standard InChI is InChI=1S/C19H27N3O3.ClH/c1-12(25-2)18(23)20-14-7-5-8-15(11-14)21-19(24)17-10-13-6-3-4-9-16(13)22-17;/h5,7-8,11-13,16-17,22H,3-4,6,9-10H2,1-2H3,(H,20,23)(H,21,24);1H. The van der Waals surface area contributed by atoms with Crippen molar-refractivity contribution < 1.29 is 14.3 Å². The van der Waals surface area contributed by atoms with Gasteiger partial charge in [0.25, 0.3) is 5.91 Å². The number of anilines is 2. The van der Waals surface area contributed by atoms with Crippen LogP contribution in [0.25, 0.3) is 0 Å². The van der Waals surface area contributed by atoms with Crippen molar-refractivity contribution in [2.75, 3.05) is 17.7 Å². The van der Waals surface area contributed by atoms with Gasteiger partial charge in [-0.15, -0.1) is 12.4 Å². The zero-order valence-electron chi connectivity index (χ0n) is 15.3. The van der Waals surface area contributed by atoms with Crippen LogP contribution in [0.3, 0.4) is 0 Å². The predicted octanol–water partition coefficient (Wildman–Crippen LogP) is 2.94. The molecule has 6 nitrogen and oxygen atoms in total. The van der Waals surface area contributed by atoms with Crippen molar-refractivity contribution in [3.05, 3.63) is 24.3 Å². The van der Waals surface area contributed by atoms with E-state index >= 15 is 0 Å². The molecule has 1 aromatic carbocycles. The first-order chi connectivity index (χ1) is 12.1. The van der Waals surface area contributed by atoms with E-state index in [0.29, 0.717) is 23.3 Å². The molecule has 1 saturated carbocycles. The Hall–Kier alpha value is -1.63. The number of hydrogen-bond acceptors (Lipinski definition) is 4. The number of carbonyl (C=O) groups excluding carboxylic acids is 2. The number of ether oxygens (including phenoxy) is 1. The molecule has 144 valence electrons. The second-order valence-corrected chi connectivity index (χ2v) is 7.04. The van der Waals surface area contributed by atoms with Gasteiger partial charge in [-0.25, -0.2) is 0 Å². The monoisotopic (exact) mass is 381 g/mol. The van der Waals surface area contributed by atoms with E-state index in [1.807, 2.05) is 12.1 Å². The molecule has 3 N–H and O–H groups in total. The summed E-state index contributed by atoms with van der Waals surface area (Å²) in [7, 11) is 1.49. The van der Waals surface area contributed by atoms with E-state index in [1.54, 1.807) is 19.1 Å². The highest BCUT2D eigenvalue weighted by molar-refractivity contribution is 5.97. The summed E-state index contributed by atoms with van der Waals surface area (Å²) in [6.07, 6.45) is 5.32. The number of methoxy groups -OCH3 is 1. The molecule has 0 aromatic heterocycles. The van der Waals surface area contributed by atoms with Gasteiger partial charge in [0.1, 0.15) is 6.10 Å². The molecule has 1 heterocycles. The molecule has 0 radical (unpaired) electrons. The van der Waals surface area contributed by atoms with E-state index < -0.39 is 6.10 Å². The van der Waals surface area contributed by atoms with Gasteiger partial charge in [-0.05, 0) is 50.3 Å². The molecule has 1 saturated heterocycles. The Balaban J connectivity index is 0.00000243. The largest absolute Gasteiger partial charge is 0.372 e. The molecule has 4 unspecified atom stereocenters. The predicted molar refractivity (Wildman–Crippen MR) is 105 cm³/mol. The van der Waals surface area contributed by atoms with Gasteiger partial charge in [-0.3, -0.25) is 9.59 Å². The molecule has 0 spiro atoms. The molecular formula is C19H28ClN3O3. The molecule has 1 aliphatic heterocycles. The average molecular weight is 382 g/mol. The van der Waals surface area contributed by atoms with E-state index in [4.69, 9.17) is 4.74 Å². The van der Waals surface area contributed by atoms with Crippen LogP contribution in [0.5, 0.6) is 0 Å². The molecule has 2 amide bonds. The maximum atomic E-state index is 12.6. The quantitative estimate of drug-likeness (QED) is 0.732. The SMILES string of the molecule is COC(C)C(=O)Nc1cccc(NC(=O)C2CC3CCCCC3N2)c1.Cl. The number of halogens is 1. The fraction of sp³-hybridized carbons (Fsp3) is 0.579. The number of hydrogen-bond donors (Lipinski definition) is 3. The number of nitrogens with one attached hydrogen (secondary N) is 3. The van der Waals surface area contributed by atoms with Gasteiger partial charge in [-0.2, -0.15) is 0 Å². The summed E-state index contributed by atoms with van der Waals surface area (Å²) in [5.74, 6) is 0.418. The summed E-state index contributed by atoms with van der Waals surface area (Å²) in [6, 6.07) is 7.56. The lowest BCUT2D eigenvalue weighted by molar-refractivity contribution is -0.124. The summed E-state index contributed by atoms with van der Waals surface area (Å²) < 4.78 is 5.00. The van der Waals surface area contributed by atoms with Crippen molar-refractivity contribution in [2.24, 2.45) is 5.92 Å². The highest BCUT2D eigenvalue weighted by Crippen LogP contribution is 2.33. The van der Waals surface area contributed by atoms with Crippen LogP contribution in [-0.4, -0.2) is 37.1 Å². The van der Waals surface area contributed by atoms with Gasteiger partial charge in [0.15, 0.2) is 0 Å². The zero-order chi connectivity index (χ0) is 17.8. The van der Waals surface area contributed by atoms with Gasteiger partial charge >= 0.3 is 0 Å². The molecule has 1 aromatic rings. The fourth-order valence-corrected chi connectivity index (χ4v) is 3.78.